The molecular formula is C23H25ClN4O4S. The Balaban J connectivity index is 1.44. The standard InChI is InChI=1S/C23H25ClN4O4S/c1-14(22(29)25-15-10-17(30-2)12-18(11-15)31-3)33-23-27-26-21(28(23)16-8-9-16)13-32-20-7-5-4-6-19(20)24/h4-7,10-12,14,16H,8-9,13H2,1-3H3,(H,25,29). The highest BCUT2D eigenvalue weighted by Crippen LogP contribution is 2.40. The van der Waals surface area contributed by atoms with E-state index in [4.69, 9.17) is 25.8 Å². The molecule has 0 aliphatic heterocycles. The lowest BCUT2D eigenvalue weighted by molar-refractivity contribution is -0.115. The van der Waals surface area contributed by atoms with E-state index in [0.717, 1.165) is 12.8 Å². The summed E-state index contributed by atoms with van der Waals surface area (Å²) in [6.45, 7) is 2.08. The van der Waals surface area contributed by atoms with Gasteiger partial charge in [0.25, 0.3) is 0 Å². The summed E-state index contributed by atoms with van der Waals surface area (Å²) in [6.07, 6.45) is 2.10. The van der Waals surface area contributed by atoms with Crippen molar-refractivity contribution in [3.63, 3.8) is 0 Å². The number of thioether (sulfide) groups is 1. The summed E-state index contributed by atoms with van der Waals surface area (Å²) in [5.41, 5.74) is 0.598. The normalized spacial score (nSPS) is 13.9. The zero-order chi connectivity index (χ0) is 23.4. The average molecular weight is 489 g/mol. The van der Waals surface area contributed by atoms with Crippen LogP contribution in [-0.4, -0.2) is 40.1 Å². The lowest BCUT2D eigenvalue weighted by Crippen LogP contribution is -2.23. The van der Waals surface area contributed by atoms with Gasteiger partial charge in [0.15, 0.2) is 11.0 Å². The smallest absolute Gasteiger partial charge is 0.237 e. The molecule has 0 spiro atoms. The molecule has 2 aromatic carbocycles. The van der Waals surface area contributed by atoms with Gasteiger partial charge in [-0.05, 0) is 31.9 Å². The van der Waals surface area contributed by atoms with Gasteiger partial charge in [-0.25, -0.2) is 0 Å². The molecule has 1 saturated carbocycles. The first-order valence-electron chi connectivity index (χ1n) is 10.5. The van der Waals surface area contributed by atoms with Crippen LogP contribution in [0.1, 0.15) is 31.6 Å². The molecule has 1 amide bonds. The molecule has 1 aliphatic rings. The molecule has 1 aliphatic carbocycles. The fourth-order valence-electron chi connectivity index (χ4n) is 3.22. The van der Waals surface area contributed by atoms with Crippen molar-refractivity contribution in [3.05, 3.63) is 53.3 Å². The molecule has 3 aromatic rings. The molecule has 33 heavy (non-hydrogen) atoms. The van der Waals surface area contributed by atoms with Crippen LogP contribution < -0.4 is 19.5 Å². The third-order valence-electron chi connectivity index (χ3n) is 5.11. The highest BCUT2D eigenvalue weighted by Gasteiger charge is 2.31. The minimum Gasteiger partial charge on any atom is -0.497 e. The Hall–Kier alpha value is -2.91. The van der Waals surface area contributed by atoms with Crippen molar-refractivity contribution in [2.24, 2.45) is 0 Å². The molecule has 1 N–H and O–H groups in total. The Morgan fingerprint density at radius 3 is 2.52 bits per heavy atom. The molecule has 1 heterocycles. The molecule has 1 unspecified atom stereocenters. The number of ether oxygens (including phenoxy) is 3. The van der Waals surface area contributed by atoms with Crippen LogP contribution in [0.2, 0.25) is 5.02 Å². The van der Waals surface area contributed by atoms with E-state index in [2.05, 4.69) is 20.1 Å². The van der Waals surface area contributed by atoms with Gasteiger partial charge in [0, 0.05) is 29.9 Å². The predicted octanol–water partition coefficient (Wildman–Crippen LogP) is 4.98. The number of carbonyl (C=O) groups excluding carboxylic acids is 1. The van der Waals surface area contributed by atoms with Gasteiger partial charge < -0.3 is 19.5 Å². The topological polar surface area (TPSA) is 87.5 Å². The van der Waals surface area contributed by atoms with Crippen molar-refractivity contribution in [2.45, 2.75) is 42.8 Å². The minimum atomic E-state index is -0.402. The number of nitrogens with zero attached hydrogens (tertiary/aromatic N) is 3. The van der Waals surface area contributed by atoms with E-state index in [9.17, 15) is 4.79 Å². The summed E-state index contributed by atoms with van der Waals surface area (Å²) in [4.78, 5) is 12.9. The van der Waals surface area contributed by atoms with Crippen LogP contribution in [0.5, 0.6) is 17.2 Å². The number of rotatable bonds is 10. The highest BCUT2D eigenvalue weighted by molar-refractivity contribution is 8.00. The maximum Gasteiger partial charge on any atom is 0.237 e. The van der Waals surface area contributed by atoms with Gasteiger partial charge >= 0.3 is 0 Å². The molecule has 0 bridgehead atoms. The van der Waals surface area contributed by atoms with Crippen molar-refractivity contribution in [3.8, 4) is 17.2 Å². The molecule has 4 rings (SSSR count). The first-order chi connectivity index (χ1) is 16.0. The second-order valence-corrected chi connectivity index (χ2v) is 9.28. The maximum absolute atomic E-state index is 12.9. The summed E-state index contributed by atoms with van der Waals surface area (Å²) in [5, 5.41) is 12.4. The Kier molecular flexibility index (Phi) is 7.29. The number of hydrogen-bond acceptors (Lipinski definition) is 7. The molecule has 174 valence electrons. The van der Waals surface area contributed by atoms with Gasteiger partial charge in [-0.2, -0.15) is 0 Å². The van der Waals surface area contributed by atoms with Crippen LogP contribution in [-0.2, 0) is 11.4 Å². The van der Waals surface area contributed by atoms with Gasteiger partial charge in [-0.15, -0.1) is 10.2 Å². The summed E-state index contributed by atoms with van der Waals surface area (Å²) in [5.74, 6) is 2.35. The molecular weight excluding hydrogens is 464 g/mol. The largest absolute Gasteiger partial charge is 0.497 e. The van der Waals surface area contributed by atoms with Crippen molar-refractivity contribution >= 4 is 35.0 Å². The average Bonchev–Trinajstić information content (AvgIpc) is 3.58. The van der Waals surface area contributed by atoms with Crippen LogP contribution in [0.15, 0.2) is 47.6 Å². The highest BCUT2D eigenvalue weighted by atomic mass is 35.5. The fourth-order valence-corrected chi connectivity index (χ4v) is 4.35. The van der Waals surface area contributed by atoms with E-state index < -0.39 is 5.25 Å². The predicted molar refractivity (Wildman–Crippen MR) is 128 cm³/mol. The lowest BCUT2D eigenvalue weighted by Gasteiger charge is -2.15. The van der Waals surface area contributed by atoms with Gasteiger partial charge in [-0.1, -0.05) is 35.5 Å². The van der Waals surface area contributed by atoms with Crippen LogP contribution in [0.25, 0.3) is 0 Å². The van der Waals surface area contributed by atoms with Crippen LogP contribution in [0.4, 0.5) is 5.69 Å². The summed E-state index contributed by atoms with van der Waals surface area (Å²) in [6, 6.07) is 12.9. The third-order valence-corrected chi connectivity index (χ3v) is 6.48. The van der Waals surface area contributed by atoms with Gasteiger partial charge in [0.05, 0.1) is 24.5 Å². The van der Waals surface area contributed by atoms with Crippen LogP contribution >= 0.6 is 23.4 Å². The Morgan fingerprint density at radius 1 is 1.18 bits per heavy atom. The zero-order valence-electron chi connectivity index (χ0n) is 18.6. The second kappa shape index (κ2) is 10.4. The fraction of sp³-hybridized carbons (Fsp3) is 0.348. The zero-order valence-corrected chi connectivity index (χ0v) is 20.2. The Bertz CT molecular complexity index is 1110. The quantitative estimate of drug-likeness (QED) is 0.402. The molecule has 0 saturated heterocycles. The SMILES string of the molecule is COc1cc(NC(=O)C(C)Sc2nnc(COc3ccccc3Cl)n2C2CC2)cc(OC)c1. The second-order valence-electron chi connectivity index (χ2n) is 7.57. The summed E-state index contributed by atoms with van der Waals surface area (Å²) < 4.78 is 18.5. The number of methoxy groups -OCH3 is 2. The number of hydrogen-bond donors (Lipinski definition) is 1. The van der Waals surface area contributed by atoms with Gasteiger partial charge in [0.1, 0.15) is 23.9 Å². The number of carbonyl (C=O) groups is 1. The first kappa shape index (κ1) is 23.3. The number of halogens is 1. The number of amides is 1. The number of para-hydroxylation sites is 1. The van der Waals surface area contributed by atoms with Crippen molar-refractivity contribution < 1.29 is 19.0 Å². The molecule has 0 radical (unpaired) electrons. The van der Waals surface area contributed by atoms with E-state index in [1.165, 1.54) is 11.8 Å². The molecule has 8 nitrogen and oxygen atoms in total. The van der Waals surface area contributed by atoms with E-state index >= 15 is 0 Å². The monoisotopic (exact) mass is 488 g/mol. The Morgan fingerprint density at radius 2 is 1.88 bits per heavy atom. The molecule has 1 fully saturated rings. The first-order valence-corrected chi connectivity index (χ1v) is 11.8. The Labute approximate surface area is 201 Å². The number of nitrogens with one attached hydrogen (secondary N) is 1. The van der Waals surface area contributed by atoms with E-state index in [1.54, 1.807) is 38.5 Å². The number of benzene rings is 2. The van der Waals surface area contributed by atoms with Gasteiger partial charge in [-0.3, -0.25) is 9.36 Å². The van der Waals surface area contributed by atoms with E-state index in [1.807, 2.05) is 25.1 Å². The lowest BCUT2D eigenvalue weighted by atomic mass is 10.2. The van der Waals surface area contributed by atoms with Crippen LogP contribution in [0, 0.1) is 0 Å². The van der Waals surface area contributed by atoms with E-state index in [-0.39, 0.29) is 12.5 Å². The maximum atomic E-state index is 12.9. The minimum absolute atomic E-state index is 0.158. The molecule has 1 aromatic heterocycles. The summed E-state index contributed by atoms with van der Waals surface area (Å²) >= 11 is 7.55. The van der Waals surface area contributed by atoms with Gasteiger partial charge in [0.2, 0.25) is 5.91 Å². The van der Waals surface area contributed by atoms with E-state index in [0.29, 0.717) is 45.0 Å². The van der Waals surface area contributed by atoms with Crippen molar-refractivity contribution in [1.82, 2.24) is 14.8 Å². The van der Waals surface area contributed by atoms with Crippen molar-refractivity contribution in [1.29, 1.82) is 0 Å². The summed E-state index contributed by atoms with van der Waals surface area (Å²) in [7, 11) is 3.13. The van der Waals surface area contributed by atoms with Crippen LogP contribution in [0.3, 0.4) is 0 Å². The molecule has 10 heteroatoms. The number of anilines is 1. The third kappa shape index (κ3) is 5.72. The van der Waals surface area contributed by atoms with Crippen molar-refractivity contribution in [2.75, 3.05) is 19.5 Å². The molecule has 1 atom stereocenters. The number of aromatic nitrogens is 3.